The first-order chi connectivity index (χ1) is 17.6. The first-order valence-electron chi connectivity index (χ1n) is 10.8. The van der Waals surface area contributed by atoms with E-state index in [0.29, 0.717) is 22.4 Å². The number of halogens is 4. The van der Waals surface area contributed by atoms with Gasteiger partial charge in [0.1, 0.15) is 5.82 Å². The summed E-state index contributed by atoms with van der Waals surface area (Å²) in [4.78, 5) is 24.0. The molecule has 184 valence electrons. The van der Waals surface area contributed by atoms with Crippen LogP contribution >= 0.6 is 0 Å². The molecule has 0 aliphatic rings. The van der Waals surface area contributed by atoms with Crippen LogP contribution in [0.2, 0.25) is 0 Å². The molecule has 1 amide bonds. The van der Waals surface area contributed by atoms with Crippen molar-refractivity contribution in [3.63, 3.8) is 0 Å². The Morgan fingerprint density at radius 1 is 0.757 bits per heavy atom. The highest BCUT2D eigenvalue weighted by molar-refractivity contribution is 6.04. The summed E-state index contributed by atoms with van der Waals surface area (Å²) in [6.07, 6.45) is -4.49. The summed E-state index contributed by atoms with van der Waals surface area (Å²) in [5, 5.41) is 12.1. The molecule has 0 atom stereocenters. The first kappa shape index (κ1) is 25.2. The van der Waals surface area contributed by atoms with Gasteiger partial charge in [-0.15, -0.1) is 0 Å². The Kier molecular flexibility index (Phi) is 7.07. The molecule has 0 radical (unpaired) electrons. The molecule has 0 heterocycles. The summed E-state index contributed by atoms with van der Waals surface area (Å²) in [7, 11) is 0. The standard InChI is InChI=1S/C29H17F4NO3/c30-24-12-7-19(8-13-24)21-9-16-26(28(36)37)22(17-21)4-1-18-2-14-25(15-3-18)34-27(35)20-5-10-23(11-6-20)29(31,32)33/h2-3,5-17H,(H,34,35)(H,36,37). The molecule has 0 aliphatic carbocycles. The second kappa shape index (κ2) is 10.4. The summed E-state index contributed by atoms with van der Waals surface area (Å²) in [6, 6.07) is 20.7. The fourth-order valence-corrected chi connectivity index (χ4v) is 3.45. The number of carbonyl (C=O) groups is 2. The zero-order chi connectivity index (χ0) is 26.6. The summed E-state index contributed by atoms with van der Waals surface area (Å²) in [6.45, 7) is 0. The highest BCUT2D eigenvalue weighted by Gasteiger charge is 2.30. The number of carboxylic acid groups (broad SMARTS) is 1. The van der Waals surface area contributed by atoms with Gasteiger partial charge in [0.15, 0.2) is 0 Å². The maximum Gasteiger partial charge on any atom is 0.416 e. The summed E-state index contributed by atoms with van der Waals surface area (Å²) in [5.74, 6) is 3.64. The number of amides is 1. The second-order valence-electron chi connectivity index (χ2n) is 7.93. The summed E-state index contributed by atoms with van der Waals surface area (Å²) in [5.41, 5.74) is 1.83. The van der Waals surface area contributed by atoms with E-state index >= 15 is 0 Å². The predicted molar refractivity (Wildman–Crippen MR) is 131 cm³/mol. The fourth-order valence-electron chi connectivity index (χ4n) is 3.45. The molecular weight excluding hydrogens is 486 g/mol. The van der Waals surface area contributed by atoms with Gasteiger partial charge in [-0.25, -0.2) is 9.18 Å². The van der Waals surface area contributed by atoms with E-state index in [0.717, 1.165) is 24.3 Å². The van der Waals surface area contributed by atoms with Crippen LogP contribution in [0.25, 0.3) is 11.1 Å². The number of benzene rings is 4. The van der Waals surface area contributed by atoms with Gasteiger partial charge in [-0.1, -0.05) is 30.0 Å². The van der Waals surface area contributed by atoms with Crippen LogP contribution in [0.1, 0.15) is 37.4 Å². The van der Waals surface area contributed by atoms with Crippen molar-refractivity contribution in [3.8, 4) is 23.0 Å². The van der Waals surface area contributed by atoms with E-state index in [1.165, 1.54) is 18.2 Å². The van der Waals surface area contributed by atoms with Crippen molar-refractivity contribution in [2.24, 2.45) is 0 Å². The highest BCUT2D eigenvalue weighted by atomic mass is 19.4. The van der Waals surface area contributed by atoms with Gasteiger partial charge in [-0.3, -0.25) is 4.79 Å². The third-order valence-electron chi connectivity index (χ3n) is 5.39. The van der Waals surface area contributed by atoms with Crippen molar-refractivity contribution in [2.75, 3.05) is 5.32 Å². The van der Waals surface area contributed by atoms with Crippen LogP contribution in [0, 0.1) is 17.7 Å². The van der Waals surface area contributed by atoms with Gasteiger partial charge in [0.25, 0.3) is 5.91 Å². The van der Waals surface area contributed by atoms with E-state index < -0.39 is 23.6 Å². The van der Waals surface area contributed by atoms with Crippen LogP contribution in [0.3, 0.4) is 0 Å². The molecule has 4 rings (SSSR count). The Balaban J connectivity index is 1.51. The number of alkyl halides is 3. The number of anilines is 1. The van der Waals surface area contributed by atoms with Crippen LogP contribution in [-0.2, 0) is 6.18 Å². The summed E-state index contributed by atoms with van der Waals surface area (Å²) < 4.78 is 51.3. The topological polar surface area (TPSA) is 66.4 Å². The molecule has 0 saturated carbocycles. The van der Waals surface area contributed by atoms with Gasteiger partial charge in [-0.2, -0.15) is 13.2 Å². The number of nitrogens with one attached hydrogen (secondary N) is 1. The Hall–Kier alpha value is -4.90. The maximum absolute atomic E-state index is 13.2. The molecule has 0 unspecified atom stereocenters. The predicted octanol–water partition coefficient (Wildman–Crippen LogP) is 6.86. The molecule has 0 bridgehead atoms. The first-order valence-corrected chi connectivity index (χ1v) is 10.8. The van der Waals surface area contributed by atoms with Gasteiger partial charge >= 0.3 is 12.1 Å². The summed E-state index contributed by atoms with van der Waals surface area (Å²) >= 11 is 0. The Morgan fingerprint density at radius 2 is 1.38 bits per heavy atom. The third kappa shape index (κ3) is 6.21. The van der Waals surface area contributed by atoms with Gasteiger partial charge in [0.2, 0.25) is 0 Å². The van der Waals surface area contributed by atoms with Gasteiger partial charge < -0.3 is 10.4 Å². The zero-order valence-electron chi connectivity index (χ0n) is 18.9. The molecule has 4 aromatic rings. The van der Waals surface area contributed by atoms with Gasteiger partial charge in [0.05, 0.1) is 11.1 Å². The molecule has 0 saturated heterocycles. The van der Waals surface area contributed by atoms with Crippen molar-refractivity contribution in [1.29, 1.82) is 0 Å². The minimum absolute atomic E-state index is 0.0128. The Bertz CT molecular complexity index is 1510. The number of rotatable bonds is 4. The van der Waals surface area contributed by atoms with E-state index in [1.54, 1.807) is 48.5 Å². The van der Waals surface area contributed by atoms with Crippen molar-refractivity contribution < 1.29 is 32.3 Å². The molecule has 0 fully saturated rings. The molecular formula is C29H17F4NO3. The minimum Gasteiger partial charge on any atom is -0.478 e. The quantitative estimate of drug-likeness (QED) is 0.236. The van der Waals surface area contributed by atoms with Gasteiger partial charge in [-0.05, 0) is 83.9 Å². The number of carbonyl (C=O) groups excluding carboxylic acids is 1. The zero-order valence-corrected chi connectivity index (χ0v) is 18.9. The largest absolute Gasteiger partial charge is 0.478 e. The Morgan fingerprint density at radius 3 is 1.97 bits per heavy atom. The average molecular weight is 503 g/mol. The normalized spacial score (nSPS) is 10.8. The van der Waals surface area contributed by atoms with E-state index in [4.69, 9.17) is 0 Å². The molecule has 8 heteroatoms. The SMILES string of the molecule is O=C(Nc1ccc(C#Cc2cc(-c3ccc(F)cc3)ccc2C(=O)O)cc1)c1ccc(C(F)(F)F)cc1. The third-order valence-corrected chi connectivity index (χ3v) is 5.39. The van der Waals surface area contributed by atoms with E-state index in [1.807, 2.05) is 0 Å². The molecule has 37 heavy (non-hydrogen) atoms. The van der Waals surface area contributed by atoms with E-state index in [-0.39, 0.29) is 22.5 Å². The monoisotopic (exact) mass is 503 g/mol. The molecule has 4 nitrogen and oxygen atoms in total. The number of hydrogen-bond acceptors (Lipinski definition) is 2. The van der Waals surface area contributed by atoms with Crippen molar-refractivity contribution >= 4 is 17.6 Å². The van der Waals surface area contributed by atoms with Crippen LogP contribution < -0.4 is 5.32 Å². The van der Waals surface area contributed by atoms with Crippen LogP contribution in [0.4, 0.5) is 23.2 Å². The average Bonchev–Trinajstić information content (AvgIpc) is 2.88. The van der Waals surface area contributed by atoms with Crippen LogP contribution in [0.5, 0.6) is 0 Å². The number of hydrogen-bond donors (Lipinski definition) is 2. The Labute approximate surface area is 209 Å². The molecule has 4 aromatic carbocycles. The van der Waals surface area contributed by atoms with Crippen molar-refractivity contribution in [1.82, 2.24) is 0 Å². The lowest BCUT2D eigenvalue weighted by atomic mass is 9.99. The molecule has 0 spiro atoms. The second-order valence-corrected chi connectivity index (χ2v) is 7.93. The minimum atomic E-state index is -4.49. The lowest BCUT2D eigenvalue weighted by Gasteiger charge is -2.08. The number of aromatic carboxylic acids is 1. The van der Waals surface area contributed by atoms with Crippen molar-refractivity contribution in [2.45, 2.75) is 6.18 Å². The fraction of sp³-hybridized carbons (Fsp3) is 0.0345. The smallest absolute Gasteiger partial charge is 0.416 e. The van der Waals surface area contributed by atoms with E-state index in [2.05, 4.69) is 17.2 Å². The molecule has 0 aromatic heterocycles. The maximum atomic E-state index is 13.2. The lowest BCUT2D eigenvalue weighted by Crippen LogP contribution is -2.12. The van der Waals surface area contributed by atoms with Crippen LogP contribution in [0.15, 0.2) is 91.0 Å². The van der Waals surface area contributed by atoms with Crippen LogP contribution in [-0.4, -0.2) is 17.0 Å². The number of carboxylic acids is 1. The molecule has 0 aliphatic heterocycles. The van der Waals surface area contributed by atoms with Gasteiger partial charge in [0, 0.05) is 22.4 Å². The van der Waals surface area contributed by atoms with E-state index in [9.17, 15) is 32.3 Å². The van der Waals surface area contributed by atoms with Crippen molar-refractivity contribution in [3.05, 3.63) is 125 Å². The lowest BCUT2D eigenvalue weighted by molar-refractivity contribution is -0.137. The highest BCUT2D eigenvalue weighted by Crippen LogP contribution is 2.29. The molecule has 2 N–H and O–H groups in total.